The Hall–Kier alpha value is -2.99. The van der Waals surface area contributed by atoms with Crippen LogP contribution in [-0.2, 0) is 4.79 Å². The topological polar surface area (TPSA) is 62.1 Å². The number of nitrogens with zero attached hydrogens (tertiary/aromatic N) is 2. The number of quaternary nitrogens is 1. The molecule has 0 saturated carbocycles. The van der Waals surface area contributed by atoms with Crippen LogP contribution in [0.1, 0.15) is 53.0 Å². The summed E-state index contributed by atoms with van der Waals surface area (Å²) in [6.45, 7) is 9.74. The maximum Gasteiger partial charge on any atom is 0.303 e. The summed E-state index contributed by atoms with van der Waals surface area (Å²) in [4.78, 5) is 41.8. The Morgan fingerprint density at radius 3 is 2.30 bits per heavy atom. The molecule has 1 saturated heterocycles. The first-order valence-electron chi connectivity index (χ1n) is 10.5. The summed E-state index contributed by atoms with van der Waals surface area (Å²) >= 11 is 0. The van der Waals surface area contributed by atoms with Gasteiger partial charge in [0.1, 0.15) is 0 Å². The van der Waals surface area contributed by atoms with E-state index in [0.717, 1.165) is 48.7 Å². The second-order valence-electron chi connectivity index (χ2n) is 8.49. The number of hydrogen-bond donors (Lipinski definition) is 1. The van der Waals surface area contributed by atoms with Crippen molar-refractivity contribution in [3.63, 3.8) is 0 Å². The third-order valence-electron chi connectivity index (χ3n) is 6.15. The fourth-order valence-corrected chi connectivity index (χ4v) is 4.20. The van der Waals surface area contributed by atoms with Crippen molar-refractivity contribution < 1.29 is 19.3 Å². The van der Waals surface area contributed by atoms with Crippen LogP contribution < -0.4 is 14.7 Å². The molecule has 1 amide bonds. The average Bonchev–Trinajstić information content (AvgIpc) is 2.98. The van der Waals surface area contributed by atoms with Crippen molar-refractivity contribution in [2.45, 2.75) is 26.7 Å². The van der Waals surface area contributed by atoms with Gasteiger partial charge in [0.25, 0.3) is 5.78 Å². The fraction of sp³-hybridized carbons (Fsp3) is 0.375. The molecule has 6 heteroatoms. The minimum Gasteiger partial charge on any atom is -0.360 e. The van der Waals surface area contributed by atoms with Crippen LogP contribution in [0, 0.1) is 0 Å². The van der Waals surface area contributed by atoms with E-state index in [1.54, 1.807) is 11.8 Å². The molecule has 1 fully saturated rings. The Bertz CT molecular complexity index is 989. The molecule has 156 valence electrons. The number of hydrogen-bond acceptors (Lipinski definition) is 4. The van der Waals surface area contributed by atoms with E-state index < -0.39 is 11.7 Å². The molecule has 0 unspecified atom stereocenters. The predicted octanol–water partition coefficient (Wildman–Crippen LogP) is 1.90. The summed E-state index contributed by atoms with van der Waals surface area (Å²) in [6, 6.07) is 13.5. The Kier molecular flexibility index (Phi) is 5.43. The first-order chi connectivity index (χ1) is 14.3. The van der Waals surface area contributed by atoms with Gasteiger partial charge in [-0.2, -0.15) is 0 Å². The molecule has 4 rings (SSSR count). The quantitative estimate of drug-likeness (QED) is 0.609. The summed E-state index contributed by atoms with van der Waals surface area (Å²) in [5, 5.41) is 0. The lowest BCUT2D eigenvalue weighted by atomic mass is 9.99. The lowest BCUT2D eigenvalue weighted by Crippen LogP contribution is -3.16. The third-order valence-corrected chi connectivity index (χ3v) is 6.15. The molecule has 30 heavy (non-hydrogen) atoms. The monoisotopic (exact) mass is 406 g/mol. The van der Waals surface area contributed by atoms with Crippen LogP contribution in [0.2, 0.25) is 0 Å². The maximum absolute atomic E-state index is 12.6. The highest BCUT2D eigenvalue weighted by Gasteiger charge is 2.38. The van der Waals surface area contributed by atoms with E-state index in [-0.39, 0.29) is 5.78 Å². The number of fused-ring (bicyclic) bond motifs is 1. The van der Waals surface area contributed by atoms with Gasteiger partial charge in [0.2, 0.25) is 0 Å². The van der Waals surface area contributed by atoms with Crippen LogP contribution in [-0.4, -0.2) is 50.3 Å². The molecule has 1 N–H and O–H groups in total. The molecule has 0 bridgehead atoms. The number of anilines is 2. The standard InChI is InChI=1S/C24H27N3O3/c1-16(2)19-6-9-22-21(14-19)23(29)24(30)27(22)15-25-10-12-26(13-11-25)20-7-4-18(5-8-20)17(3)28/h4-9,14,16H,10-13,15H2,1-3H3/p+1. The highest BCUT2D eigenvalue weighted by atomic mass is 16.2. The van der Waals surface area contributed by atoms with E-state index in [0.29, 0.717) is 18.2 Å². The molecular weight excluding hydrogens is 378 g/mol. The van der Waals surface area contributed by atoms with E-state index in [1.807, 2.05) is 42.5 Å². The normalized spacial score (nSPS) is 17.1. The number of carbonyl (C=O) groups is 3. The van der Waals surface area contributed by atoms with Gasteiger partial charge in [-0.05, 0) is 54.8 Å². The van der Waals surface area contributed by atoms with Crippen molar-refractivity contribution in [1.29, 1.82) is 0 Å². The maximum atomic E-state index is 12.6. The number of piperazine rings is 1. The zero-order valence-electron chi connectivity index (χ0n) is 17.8. The van der Waals surface area contributed by atoms with E-state index in [9.17, 15) is 14.4 Å². The van der Waals surface area contributed by atoms with Gasteiger partial charge in [-0.15, -0.1) is 0 Å². The summed E-state index contributed by atoms with van der Waals surface area (Å²) in [6.07, 6.45) is 0. The van der Waals surface area contributed by atoms with Crippen LogP contribution in [0.4, 0.5) is 11.4 Å². The number of benzene rings is 2. The second kappa shape index (κ2) is 8.03. The summed E-state index contributed by atoms with van der Waals surface area (Å²) < 4.78 is 0. The summed E-state index contributed by atoms with van der Waals surface area (Å²) in [5.41, 5.74) is 4.19. The SMILES string of the molecule is CC(=O)c1ccc(N2CC[NH+](CN3C(=O)C(=O)c4cc(C(C)C)ccc43)CC2)cc1. The van der Waals surface area contributed by atoms with Gasteiger partial charge in [-0.1, -0.05) is 19.9 Å². The number of nitrogens with one attached hydrogen (secondary N) is 1. The molecule has 0 atom stereocenters. The smallest absolute Gasteiger partial charge is 0.303 e. The predicted molar refractivity (Wildman–Crippen MR) is 117 cm³/mol. The van der Waals surface area contributed by atoms with Gasteiger partial charge in [-0.25, -0.2) is 0 Å². The van der Waals surface area contributed by atoms with Gasteiger partial charge in [-0.3, -0.25) is 19.3 Å². The molecule has 0 radical (unpaired) electrons. The molecule has 0 aliphatic carbocycles. The van der Waals surface area contributed by atoms with Crippen molar-refractivity contribution in [2.24, 2.45) is 0 Å². The zero-order chi connectivity index (χ0) is 21.4. The van der Waals surface area contributed by atoms with Crippen LogP contribution in [0.25, 0.3) is 0 Å². The van der Waals surface area contributed by atoms with Crippen LogP contribution in [0.3, 0.4) is 0 Å². The number of Topliss-reactive ketones (excluding diaryl/α,β-unsaturated/α-hetero) is 2. The fourth-order valence-electron chi connectivity index (χ4n) is 4.20. The highest BCUT2D eigenvalue weighted by Crippen LogP contribution is 2.31. The molecule has 2 aliphatic rings. The van der Waals surface area contributed by atoms with Crippen LogP contribution in [0.15, 0.2) is 42.5 Å². The van der Waals surface area contributed by atoms with Gasteiger partial charge < -0.3 is 9.80 Å². The number of amides is 1. The van der Waals surface area contributed by atoms with E-state index >= 15 is 0 Å². The Labute approximate surface area is 177 Å². The molecule has 0 aromatic heterocycles. The van der Waals surface area contributed by atoms with Crippen LogP contribution >= 0.6 is 0 Å². The zero-order valence-corrected chi connectivity index (χ0v) is 17.8. The summed E-state index contributed by atoms with van der Waals surface area (Å²) in [7, 11) is 0. The Balaban J connectivity index is 1.41. The van der Waals surface area contributed by atoms with Crippen molar-refractivity contribution in [3.8, 4) is 0 Å². The van der Waals surface area contributed by atoms with Crippen molar-refractivity contribution >= 4 is 28.8 Å². The minimum absolute atomic E-state index is 0.0708. The molecule has 2 aromatic carbocycles. The molecular formula is C24H28N3O3+. The minimum atomic E-state index is -0.416. The lowest BCUT2D eigenvalue weighted by molar-refractivity contribution is -0.899. The third kappa shape index (κ3) is 3.75. The Morgan fingerprint density at radius 2 is 1.70 bits per heavy atom. The van der Waals surface area contributed by atoms with Gasteiger partial charge in [0.15, 0.2) is 12.5 Å². The van der Waals surface area contributed by atoms with Gasteiger partial charge >= 0.3 is 5.91 Å². The van der Waals surface area contributed by atoms with Crippen molar-refractivity contribution in [1.82, 2.24) is 0 Å². The van der Waals surface area contributed by atoms with Gasteiger partial charge in [0.05, 0.1) is 37.4 Å². The van der Waals surface area contributed by atoms with Gasteiger partial charge in [0, 0.05) is 11.3 Å². The van der Waals surface area contributed by atoms with Crippen molar-refractivity contribution in [3.05, 3.63) is 59.2 Å². The van der Waals surface area contributed by atoms with Crippen LogP contribution in [0.5, 0.6) is 0 Å². The first kappa shape index (κ1) is 20.3. The molecule has 2 aromatic rings. The second-order valence-corrected chi connectivity index (χ2v) is 8.49. The van der Waals surface area contributed by atoms with Crippen molar-refractivity contribution in [2.75, 3.05) is 42.6 Å². The Morgan fingerprint density at radius 1 is 1.03 bits per heavy atom. The van der Waals surface area contributed by atoms with E-state index in [2.05, 4.69) is 18.7 Å². The molecule has 2 aliphatic heterocycles. The first-order valence-corrected chi connectivity index (χ1v) is 10.5. The highest BCUT2D eigenvalue weighted by molar-refractivity contribution is 6.52. The largest absolute Gasteiger partial charge is 0.360 e. The summed E-state index contributed by atoms with van der Waals surface area (Å²) in [5.74, 6) is -0.423. The molecule has 0 spiro atoms. The molecule has 6 nitrogen and oxygen atoms in total. The van der Waals surface area contributed by atoms with E-state index in [1.165, 1.54) is 4.90 Å². The lowest BCUT2D eigenvalue weighted by Gasteiger charge is -2.35. The number of rotatable bonds is 5. The molecule has 2 heterocycles. The average molecular weight is 407 g/mol. The number of carbonyl (C=O) groups excluding carboxylic acids is 3. The van der Waals surface area contributed by atoms with E-state index in [4.69, 9.17) is 0 Å². The number of ketones is 2.